The number of amides is 1. The number of nitrogens with one attached hydrogen (secondary N) is 1. The van der Waals surface area contributed by atoms with E-state index in [1.807, 2.05) is 41.8 Å². The highest BCUT2D eigenvalue weighted by molar-refractivity contribution is 7.10. The summed E-state index contributed by atoms with van der Waals surface area (Å²) in [4.78, 5) is 13.6. The van der Waals surface area contributed by atoms with Crippen LogP contribution in [0.4, 0.5) is 0 Å². The number of aromatic hydroxyl groups is 1. The number of rotatable bonds is 6. The fourth-order valence-corrected chi connectivity index (χ4v) is 3.53. The van der Waals surface area contributed by atoms with E-state index in [-0.39, 0.29) is 11.7 Å². The first kappa shape index (κ1) is 17.9. The SMILES string of the molecule is CCCc1cc(C(=O)N/N=C(/c2ccccc2)c2ccc(O)cc2)cs1. The molecule has 1 heterocycles. The van der Waals surface area contributed by atoms with Crippen LogP contribution in [-0.4, -0.2) is 16.7 Å². The molecular formula is C21H20N2O2S. The molecule has 2 N–H and O–H groups in total. The first-order valence-electron chi connectivity index (χ1n) is 8.47. The minimum atomic E-state index is -0.226. The van der Waals surface area contributed by atoms with Gasteiger partial charge in [-0.15, -0.1) is 11.3 Å². The lowest BCUT2D eigenvalue weighted by Gasteiger charge is -2.08. The zero-order valence-corrected chi connectivity index (χ0v) is 15.3. The largest absolute Gasteiger partial charge is 0.508 e. The molecule has 0 unspecified atom stereocenters. The Morgan fingerprint density at radius 2 is 1.73 bits per heavy atom. The summed E-state index contributed by atoms with van der Waals surface area (Å²) in [5.74, 6) is -0.0391. The maximum Gasteiger partial charge on any atom is 0.272 e. The van der Waals surface area contributed by atoms with Crippen LogP contribution in [-0.2, 0) is 6.42 Å². The van der Waals surface area contributed by atoms with E-state index in [1.54, 1.807) is 35.6 Å². The molecule has 2 aromatic carbocycles. The number of hydrogen-bond donors (Lipinski definition) is 2. The topological polar surface area (TPSA) is 61.7 Å². The van der Waals surface area contributed by atoms with Gasteiger partial charge in [0.1, 0.15) is 5.75 Å². The Labute approximate surface area is 156 Å². The van der Waals surface area contributed by atoms with Crippen LogP contribution in [0.2, 0.25) is 0 Å². The van der Waals surface area contributed by atoms with Crippen molar-refractivity contribution in [1.29, 1.82) is 0 Å². The first-order valence-corrected chi connectivity index (χ1v) is 9.35. The molecule has 0 saturated carbocycles. The van der Waals surface area contributed by atoms with Gasteiger partial charge in [0.15, 0.2) is 0 Å². The summed E-state index contributed by atoms with van der Waals surface area (Å²) >= 11 is 1.59. The van der Waals surface area contributed by atoms with Gasteiger partial charge in [0.2, 0.25) is 0 Å². The third-order valence-corrected chi connectivity index (χ3v) is 4.87. The second-order valence-electron chi connectivity index (χ2n) is 5.87. The van der Waals surface area contributed by atoms with E-state index in [0.29, 0.717) is 11.3 Å². The summed E-state index contributed by atoms with van der Waals surface area (Å²) in [7, 11) is 0. The Balaban J connectivity index is 1.86. The Kier molecular flexibility index (Phi) is 5.81. The number of hydrogen-bond acceptors (Lipinski definition) is 4. The van der Waals surface area contributed by atoms with Crippen molar-refractivity contribution in [1.82, 2.24) is 5.43 Å². The number of carbonyl (C=O) groups excluding carboxylic acids is 1. The molecule has 1 amide bonds. The number of phenolic OH excluding ortho intramolecular Hbond substituents is 1. The second-order valence-corrected chi connectivity index (χ2v) is 6.86. The van der Waals surface area contributed by atoms with E-state index in [4.69, 9.17) is 0 Å². The summed E-state index contributed by atoms with van der Waals surface area (Å²) in [6.07, 6.45) is 2.03. The molecule has 132 valence electrons. The van der Waals surface area contributed by atoms with Gasteiger partial charge in [-0.05, 0) is 36.8 Å². The van der Waals surface area contributed by atoms with Crippen LogP contribution in [0.5, 0.6) is 5.75 Å². The highest BCUT2D eigenvalue weighted by Gasteiger charge is 2.11. The maximum atomic E-state index is 12.4. The molecule has 1 aromatic heterocycles. The Morgan fingerprint density at radius 1 is 1.04 bits per heavy atom. The number of nitrogens with zero attached hydrogens (tertiary/aromatic N) is 1. The van der Waals surface area contributed by atoms with Gasteiger partial charge in [0, 0.05) is 21.4 Å². The summed E-state index contributed by atoms with van der Waals surface area (Å²) < 4.78 is 0. The minimum absolute atomic E-state index is 0.187. The lowest BCUT2D eigenvalue weighted by molar-refractivity contribution is 0.0955. The number of aryl methyl sites for hydroxylation is 1. The van der Waals surface area contributed by atoms with E-state index in [2.05, 4.69) is 17.5 Å². The third kappa shape index (κ3) is 4.37. The number of benzene rings is 2. The average molecular weight is 364 g/mol. The van der Waals surface area contributed by atoms with E-state index in [9.17, 15) is 9.90 Å². The Bertz CT molecular complexity index is 899. The van der Waals surface area contributed by atoms with Gasteiger partial charge in [-0.1, -0.05) is 43.7 Å². The van der Waals surface area contributed by atoms with E-state index in [1.165, 1.54) is 4.88 Å². The molecule has 3 aromatic rings. The Morgan fingerprint density at radius 3 is 2.42 bits per heavy atom. The number of phenols is 1. The van der Waals surface area contributed by atoms with Gasteiger partial charge in [-0.25, -0.2) is 5.43 Å². The van der Waals surface area contributed by atoms with E-state index >= 15 is 0 Å². The molecule has 0 spiro atoms. The van der Waals surface area contributed by atoms with Gasteiger partial charge < -0.3 is 5.11 Å². The molecule has 26 heavy (non-hydrogen) atoms. The van der Waals surface area contributed by atoms with Gasteiger partial charge in [0.25, 0.3) is 5.91 Å². The third-order valence-electron chi connectivity index (χ3n) is 3.87. The number of hydrazone groups is 1. The molecule has 0 saturated heterocycles. The molecule has 0 aliphatic rings. The van der Waals surface area contributed by atoms with E-state index < -0.39 is 0 Å². The number of thiophene rings is 1. The maximum absolute atomic E-state index is 12.4. The second kappa shape index (κ2) is 8.45. The highest BCUT2D eigenvalue weighted by Crippen LogP contribution is 2.17. The fraction of sp³-hybridized carbons (Fsp3) is 0.143. The van der Waals surface area contributed by atoms with Crippen LogP contribution in [0.3, 0.4) is 0 Å². The van der Waals surface area contributed by atoms with Crippen molar-refractivity contribution < 1.29 is 9.90 Å². The van der Waals surface area contributed by atoms with Gasteiger partial charge >= 0.3 is 0 Å². The standard InChI is InChI=1S/C21H20N2O2S/c1-2-6-19-13-17(14-26-19)21(25)23-22-20(15-7-4-3-5-8-15)16-9-11-18(24)12-10-16/h3-5,7-14,24H,2,6H2,1H3,(H,23,25)/b22-20-. The van der Waals surface area contributed by atoms with Crippen molar-refractivity contribution in [3.8, 4) is 5.75 Å². The van der Waals surface area contributed by atoms with Crippen LogP contribution >= 0.6 is 11.3 Å². The smallest absolute Gasteiger partial charge is 0.272 e. The molecule has 0 atom stereocenters. The fourth-order valence-electron chi connectivity index (χ4n) is 2.56. The predicted octanol–water partition coefficient (Wildman–Crippen LogP) is 4.59. The summed E-state index contributed by atoms with van der Waals surface area (Å²) in [5.41, 5.74) is 5.62. The molecule has 4 nitrogen and oxygen atoms in total. The number of carbonyl (C=O) groups is 1. The van der Waals surface area contributed by atoms with Gasteiger partial charge in [-0.2, -0.15) is 5.10 Å². The van der Waals surface area contributed by atoms with Crippen LogP contribution in [0.15, 0.2) is 71.1 Å². The lowest BCUT2D eigenvalue weighted by Crippen LogP contribution is -2.20. The van der Waals surface area contributed by atoms with Crippen molar-refractivity contribution in [2.75, 3.05) is 0 Å². The molecule has 0 fully saturated rings. The molecule has 0 aliphatic heterocycles. The van der Waals surface area contributed by atoms with Crippen LogP contribution in [0.1, 0.15) is 39.7 Å². The zero-order valence-electron chi connectivity index (χ0n) is 14.5. The van der Waals surface area contributed by atoms with Crippen LogP contribution in [0, 0.1) is 0 Å². The quantitative estimate of drug-likeness (QED) is 0.496. The predicted molar refractivity (Wildman–Crippen MR) is 106 cm³/mol. The highest BCUT2D eigenvalue weighted by atomic mass is 32.1. The Hall–Kier alpha value is -2.92. The van der Waals surface area contributed by atoms with Crippen molar-refractivity contribution >= 4 is 23.0 Å². The van der Waals surface area contributed by atoms with Crippen molar-refractivity contribution in [3.05, 3.63) is 87.6 Å². The zero-order chi connectivity index (χ0) is 18.4. The minimum Gasteiger partial charge on any atom is -0.508 e. The molecular weight excluding hydrogens is 344 g/mol. The normalized spacial score (nSPS) is 11.3. The summed E-state index contributed by atoms with van der Waals surface area (Å²) in [5, 5.41) is 15.7. The average Bonchev–Trinajstić information content (AvgIpc) is 3.13. The van der Waals surface area contributed by atoms with Crippen molar-refractivity contribution in [2.45, 2.75) is 19.8 Å². The van der Waals surface area contributed by atoms with E-state index in [0.717, 1.165) is 24.0 Å². The van der Waals surface area contributed by atoms with Gasteiger partial charge in [-0.3, -0.25) is 4.79 Å². The molecule has 5 heteroatoms. The molecule has 0 aliphatic carbocycles. The molecule has 3 rings (SSSR count). The first-order chi connectivity index (χ1) is 12.7. The van der Waals surface area contributed by atoms with Crippen LogP contribution < -0.4 is 5.43 Å². The van der Waals surface area contributed by atoms with Crippen molar-refractivity contribution in [3.63, 3.8) is 0 Å². The van der Waals surface area contributed by atoms with Crippen LogP contribution in [0.25, 0.3) is 0 Å². The monoisotopic (exact) mass is 364 g/mol. The molecule has 0 radical (unpaired) electrons. The van der Waals surface area contributed by atoms with Crippen molar-refractivity contribution in [2.24, 2.45) is 5.10 Å². The van der Waals surface area contributed by atoms with Gasteiger partial charge in [0.05, 0.1) is 11.3 Å². The lowest BCUT2D eigenvalue weighted by atomic mass is 10.0. The molecule has 0 bridgehead atoms. The summed E-state index contributed by atoms with van der Waals surface area (Å²) in [6, 6.07) is 18.3. The summed E-state index contributed by atoms with van der Waals surface area (Å²) in [6.45, 7) is 2.12.